The van der Waals surface area contributed by atoms with Crippen molar-refractivity contribution in [2.45, 2.75) is 66.2 Å². The first-order valence-corrected chi connectivity index (χ1v) is 9.77. The summed E-state index contributed by atoms with van der Waals surface area (Å²) < 4.78 is 0. The Hall–Kier alpha value is -2.22. The number of benzene rings is 2. The SMILES string of the molecule is CCCc1ccc(C=O)c(CCC)c1.CCc1ccc(C=O)c(CC)c1. The minimum absolute atomic E-state index is 0.828. The highest BCUT2D eigenvalue weighted by Gasteiger charge is 2.02. The van der Waals surface area contributed by atoms with Gasteiger partial charge in [-0.2, -0.15) is 0 Å². The number of aryl methyl sites for hydroxylation is 4. The maximum atomic E-state index is 10.8. The van der Waals surface area contributed by atoms with Crippen molar-refractivity contribution >= 4 is 12.6 Å². The normalized spacial score (nSPS) is 10.0. The highest BCUT2D eigenvalue weighted by Crippen LogP contribution is 2.14. The molecule has 0 atom stereocenters. The Kier molecular flexibility index (Phi) is 10.2. The Morgan fingerprint density at radius 1 is 0.654 bits per heavy atom. The predicted molar refractivity (Wildman–Crippen MR) is 110 cm³/mol. The standard InChI is InChI=1S/C13H18O.C11H14O/c1-3-5-11-7-8-13(10-14)12(9-11)6-4-2;1-3-9-5-6-11(8-12)10(4-2)7-9/h7-10H,3-6H2,1-2H3;5-8H,3-4H2,1-2H3. The fraction of sp³-hybridized carbons (Fsp3) is 0.417. The molecule has 0 heterocycles. The van der Waals surface area contributed by atoms with Gasteiger partial charge in [0.1, 0.15) is 12.6 Å². The molecule has 0 radical (unpaired) electrons. The van der Waals surface area contributed by atoms with E-state index in [9.17, 15) is 9.59 Å². The second-order valence-corrected chi connectivity index (χ2v) is 6.51. The van der Waals surface area contributed by atoms with E-state index in [-0.39, 0.29) is 0 Å². The Balaban J connectivity index is 0.000000263. The molecule has 140 valence electrons. The van der Waals surface area contributed by atoms with Crippen molar-refractivity contribution in [3.8, 4) is 0 Å². The minimum Gasteiger partial charge on any atom is -0.298 e. The summed E-state index contributed by atoms with van der Waals surface area (Å²) in [6.07, 6.45) is 8.22. The molecular weight excluding hydrogens is 320 g/mol. The summed E-state index contributed by atoms with van der Waals surface area (Å²) in [5.41, 5.74) is 6.69. The summed E-state index contributed by atoms with van der Waals surface area (Å²) in [6.45, 7) is 8.51. The second kappa shape index (κ2) is 12.2. The van der Waals surface area contributed by atoms with Crippen molar-refractivity contribution < 1.29 is 9.59 Å². The van der Waals surface area contributed by atoms with Gasteiger partial charge in [-0.1, -0.05) is 76.9 Å². The van der Waals surface area contributed by atoms with Gasteiger partial charge in [-0.15, -0.1) is 0 Å². The molecule has 0 fully saturated rings. The van der Waals surface area contributed by atoms with Crippen LogP contribution >= 0.6 is 0 Å². The van der Waals surface area contributed by atoms with E-state index in [1.807, 2.05) is 18.2 Å². The lowest BCUT2D eigenvalue weighted by atomic mass is 9.99. The van der Waals surface area contributed by atoms with E-state index >= 15 is 0 Å². The van der Waals surface area contributed by atoms with Crippen molar-refractivity contribution in [2.75, 3.05) is 0 Å². The third kappa shape index (κ3) is 6.59. The van der Waals surface area contributed by atoms with Gasteiger partial charge in [0.2, 0.25) is 0 Å². The molecule has 0 aromatic heterocycles. The Labute approximate surface area is 158 Å². The smallest absolute Gasteiger partial charge is 0.150 e. The van der Waals surface area contributed by atoms with Gasteiger partial charge in [0, 0.05) is 11.1 Å². The van der Waals surface area contributed by atoms with Crippen molar-refractivity contribution in [1.29, 1.82) is 0 Å². The average Bonchev–Trinajstić information content (AvgIpc) is 2.68. The molecule has 0 saturated heterocycles. The first-order chi connectivity index (χ1) is 12.6. The van der Waals surface area contributed by atoms with E-state index in [0.717, 1.165) is 67.8 Å². The summed E-state index contributed by atoms with van der Waals surface area (Å²) in [4.78, 5) is 21.4. The lowest BCUT2D eigenvalue weighted by Gasteiger charge is -2.06. The van der Waals surface area contributed by atoms with Crippen LogP contribution in [0.1, 0.15) is 83.5 Å². The zero-order chi connectivity index (χ0) is 19.4. The average molecular weight is 353 g/mol. The van der Waals surface area contributed by atoms with Gasteiger partial charge in [0.25, 0.3) is 0 Å². The Bertz CT molecular complexity index is 701. The quantitative estimate of drug-likeness (QED) is 0.544. The van der Waals surface area contributed by atoms with Gasteiger partial charge in [-0.25, -0.2) is 0 Å². The van der Waals surface area contributed by atoms with Crippen LogP contribution in [0.15, 0.2) is 36.4 Å². The molecule has 26 heavy (non-hydrogen) atoms. The van der Waals surface area contributed by atoms with Crippen LogP contribution in [0.4, 0.5) is 0 Å². The van der Waals surface area contributed by atoms with Gasteiger partial charge in [0.15, 0.2) is 0 Å². The largest absolute Gasteiger partial charge is 0.298 e. The maximum absolute atomic E-state index is 10.8. The number of aldehydes is 2. The van der Waals surface area contributed by atoms with E-state index in [2.05, 4.69) is 45.9 Å². The van der Waals surface area contributed by atoms with Gasteiger partial charge in [-0.05, 0) is 47.9 Å². The molecule has 2 nitrogen and oxygen atoms in total. The summed E-state index contributed by atoms with van der Waals surface area (Å²) in [7, 11) is 0. The number of rotatable bonds is 8. The van der Waals surface area contributed by atoms with Crippen LogP contribution in [0.2, 0.25) is 0 Å². The van der Waals surface area contributed by atoms with E-state index < -0.39 is 0 Å². The van der Waals surface area contributed by atoms with Crippen LogP contribution in [-0.2, 0) is 25.7 Å². The number of carbonyl (C=O) groups is 2. The molecule has 0 saturated carbocycles. The van der Waals surface area contributed by atoms with Crippen molar-refractivity contribution in [1.82, 2.24) is 0 Å². The molecule has 0 amide bonds. The molecule has 2 heteroatoms. The second-order valence-electron chi connectivity index (χ2n) is 6.51. The van der Waals surface area contributed by atoms with Gasteiger partial charge >= 0.3 is 0 Å². The fourth-order valence-corrected chi connectivity index (χ4v) is 3.00. The molecule has 2 rings (SSSR count). The molecule has 0 aliphatic rings. The van der Waals surface area contributed by atoms with E-state index in [1.165, 1.54) is 16.7 Å². The number of carbonyl (C=O) groups excluding carboxylic acids is 2. The van der Waals surface area contributed by atoms with Crippen LogP contribution in [0.25, 0.3) is 0 Å². The molecule has 0 unspecified atom stereocenters. The molecule has 0 aliphatic heterocycles. The third-order valence-corrected chi connectivity index (χ3v) is 4.52. The minimum atomic E-state index is 0.828. The highest BCUT2D eigenvalue weighted by atomic mass is 16.1. The van der Waals surface area contributed by atoms with Crippen LogP contribution in [-0.4, -0.2) is 12.6 Å². The number of hydrogen-bond donors (Lipinski definition) is 0. The van der Waals surface area contributed by atoms with Crippen LogP contribution in [0.5, 0.6) is 0 Å². The van der Waals surface area contributed by atoms with E-state index in [0.29, 0.717) is 0 Å². The molecule has 0 N–H and O–H groups in total. The molecule has 0 spiro atoms. The van der Waals surface area contributed by atoms with Crippen LogP contribution in [0, 0.1) is 0 Å². The summed E-state index contributed by atoms with van der Waals surface area (Å²) in [6, 6.07) is 12.2. The molecule has 2 aromatic carbocycles. The van der Waals surface area contributed by atoms with Gasteiger partial charge in [0.05, 0.1) is 0 Å². The molecular formula is C24H32O2. The molecule has 0 aliphatic carbocycles. The van der Waals surface area contributed by atoms with Crippen molar-refractivity contribution in [3.05, 3.63) is 69.8 Å². The predicted octanol–water partition coefficient (Wildman–Crippen LogP) is 6.03. The number of hydrogen-bond acceptors (Lipinski definition) is 2. The van der Waals surface area contributed by atoms with Gasteiger partial charge < -0.3 is 0 Å². The summed E-state index contributed by atoms with van der Waals surface area (Å²) in [5, 5.41) is 0. The van der Waals surface area contributed by atoms with Crippen LogP contribution in [0.3, 0.4) is 0 Å². The zero-order valence-electron chi connectivity index (χ0n) is 16.7. The summed E-state index contributed by atoms with van der Waals surface area (Å²) >= 11 is 0. The topological polar surface area (TPSA) is 34.1 Å². The first-order valence-electron chi connectivity index (χ1n) is 9.77. The van der Waals surface area contributed by atoms with E-state index in [1.54, 1.807) is 0 Å². The molecule has 2 aromatic rings. The lowest BCUT2D eigenvalue weighted by Crippen LogP contribution is -1.95. The third-order valence-electron chi connectivity index (χ3n) is 4.52. The molecule has 0 bridgehead atoms. The maximum Gasteiger partial charge on any atom is 0.150 e. The van der Waals surface area contributed by atoms with Crippen molar-refractivity contribution in [2.24, 2.45) is 0 Å². The zero-order valence-corrected chi connectivity index (χ0v) is 16.7. The first kappa shape index (κ1) is 21.8. The Morgan fingerprint density at radius 2 is 1.19 bits per heavy atom. The Morgan fingerprint density at radius 3 is 1.69 bits per heavy atom. The summed E-state index contributed by atoms with van der Waals surface area (Å²) in [5.74, 6) is 0. The van der Waals surface area contributed by atoms with Gasteiger partial charge in [-0.3, -0.25) is 9.59 Å². The highest BCUT2D eigenvalue weighted by molar-refractivity contribution is 5.77. The fourth-order valence-electron chi connectivity index (χ4n) is 3.00. The van der Waals surface area contributed by atoms with Crippen molar-refractivity contribution in [3.63, 3.8) is 0 Å². The monoisotopic (exact) mass is 352 g/mol. The van der Waals surface area contributed by atoms with Crippen LogP contribution < -0.4 is 0 Å². The lowest BCUT2D eigenvalue weighted by molar-refractivity contribution is 0.111. The van der Waals surface area contributed by atoms with E-state index in [4.69, 9.17) is 0 Å².